The summed E-state index contributed by atoms with van der Waals surface area (Å²) in [6, 6.07) is 23.0. The number of pyridine rings is 1. The van der Waals surface area contributed by atoms with Gasteiger partial charge in [0.2, 0.25) is 0 Å². The first-order valence-corrected chi connectivity index (χ1v) is 9.36. The smallest absolute Gasteiger partial charge is 0.0912 e. The molecule has 0 saturated heterocycles. The molecule has 27 heavy (non-hydrogen) atoms. The molecule has 1 N–H and O–H groups in total. The van der Waals surface area contributed by atoms with Crippen LogP contribution >= 0.6 is 0 Å². The van der Waals surface area contributed by atoms with E-state index in [1.807, 2.05) is 36.7 Å². The Bertz CT molecular complexity index is 1020. The second-order valence-electron chi connectivity index (χ2n) is 7.22. The summed E-state index contributed by atoms with van der Waals surface area (Å²) >= 11 is 0. The standard InChI is InChI=1S/C24H23N3/c1-17(2)13-20-14-23(25-15-21(20)18-9-5-3-6-10-18)24-22(16-26-27-24)19-11-7-4-8-12-19/h3-12,14-17H,13H2,1-2H3,(H,26,27). The summed E-state index contributed by atoms with van der Waals surface area (Å²) in [7, 11) is 0. The van der Waals surface area contributed by atoms with Crippen molar-refractivity contribution < 1.29 is 0 Å². The van der Waals surface area contributed by atoms with Crippen molar-refractivity contribution in [2.45, 2.75) is 20.3 Å². The molecule has 0 unspecified atom stereocenters. The Labute approximate surface area is 160 Å². The van der Waals surface area contributed by atoms with Gasteiger partial charge in [-0.15, -0.1) is 0 Å². The van der Waals surface area contributed by atoms with Crippen LogP contribution in [-0.2, 0) is 6.42 Å². The summed E-state index contributed by atoms with van der Waals surface area (Å²) in [5, 5.41) is 7.43. The predicted octanol–water partition coefficient (Wildman–Crippen LogP) is 6.00. The summed E-state index contributed by atoms with van der Waals surface area (Å²) < 4.78 is 0. The van der Waals surface area contributed by atoms with Crippen LogP contribution in [0, 0.1) is 5.92 Å². The molecule has 0 aliphatic rings. The van der Waals surface area contributed by atoms with Crippen LogP contribution in [0.4, 0.5) is 0 Å². The first kappa shape index (κ1) is 17.2. The van der Waals surface area contributed by atoms with Gasteiger partial charge in [-0.05, 0) is 35.1 Å². The molecule has 0 atom stereocenters. The molecule has 2 aromatic heterocycles. The maximum absolute atomic E-state index is 4.78. The summed E-state index contributed by atoms with van der Waals surface area (Å²) in [5.74, 6) is 0.568. The third-order valence-electron chi connectivity index (χ3n) is 4.68. The third kappa shape index (κ3) is 3.68. The van der Waals surface area contributed by atoms with E-state index in [1.165, 1.54) is 16.7 Å². The van der Waals surface area contributed by atoms with Crippen molar-refractivity contribution in [2.75, 3.05) is 0 Å². The van der Waals surface area contributed by atoms with E-state index in [1.54, 1.807) is 0 Å². The average Bonchev–Trinajstić information content (AvgIpc) is 3.19. The highest BCUT2D eigenvalue weighted by atomic mass is 15.1. The number of nitrogens with zero attached hydrogens (tertiary/aromatic N) is 2. The second kappa shape index (κ2) is 7.58. The normalized spacial score (nSPS) is 11.1. The molecular formula is C24H23N3. The zero-order valence-electron chi connectivity index (χ0n) is 15.7. The Morgan fingerprint density at radius 1 is 0.815 bits per heavy atom. The number of hydrogen-bond acceptors (Lipinski definition) is 2. The summed E-state index contributed by atoms with van der Waals surface area (Å²) in [5.41, 5.74) is 7.84. The van der Waals surface area contributed by atoms with Crippen molar-refractivity contribution in [3.05, 3.63) is 84.7 Å². The van der Waals surface area contributed by atoms with Crippen molar-refractivity contribution in [1.82, 2.24) is 15.2 Å². The average molecular weight is 353 g/mol. The molecule has 0 aliphatic carbocycles. The van der Waals surface area contributed by atoms with E-state index in [4.69, 9.17) is 4.98 Å². The Morgan fingerprint density at radius 2 is 1.44 bits per heavy atom. The molecule has 0 amide bonds. The van der Waals surface area contributed by atoms with Gasteiger partial charge in [0.15, 0.2) is 0 Å². The highest BCUT2D eigenvalue weighted by Gasteiger charge is 2.15. The molecular weight excluding hydrogens is 330 g/mol. The van der Waals surface area contributed by atoms with Gasteiger partial charge < -0.3 is 0 Å². The van der Waals surface area contributed by atoms with Gasteiger partial charge in [-0.25, -0.2) is 0 Å². The molecule has 0 aliphatic heterocycles. The van der Waals surface area contributed by atoms with Gasteiger partial charge in [0, 0.05) is 17.3 Å². The minimum Gasteiger partial charge on any atom is -0.276 e. The number of hydrogen-bond donors (Lipinski definition) is 1. The molecule has 134 valence electrons. The van der Waals surface area contributed by atoms with Crippen molar-refractivity contribution in [2.24, 2.45) is 5.92 Å². The molecule has 0 bridgehead atoms. The first-order chi connectivity index (χ1) is 13.2. The Balaban J connectivity index is 1.81. The summed E-state index contributed by atoms with van der Waals surface area (Å²) in [6.45, 7) is 4.50. The molecule has 2 heterocycles. The van der Waals surface area contributed by atoms with E-state index in [9.17, 15) is 0 Å². The predicted molar refractivity (Wildman–Crippen MR) is 111 cm³/mol. The second-order valence-corrected chi connectivity index (χ2v) is 7.22. The van der Waals surface area contributed by atoms with E-state index in [0.29, 0.717) is 5.92 Å². The van der Waals surface area contributed by atoms with Crippen molar-refractivity contribution >= 4 is 0 Å². The molecule has 3 nitrogen and oxygen atoms in total. The van der Waals surface area contributed by atoms with Gasteiger partial charge in [-0.2, -0.15) is 5.10 Å². The minimum atomic E-state index is 0.568. The van der Waals surface area contributed by atoms with Crippen LogP contribution in [-0.4, -0.2) is 15.2 Å². The summed E-state index contributed by atoms with van der Waals surface area (Å²) in [4.78, 5) is 4.78. The lowest BCUT2D eigenvalue weighted by Gasteiger charge is -2.14. The fourth-order valence-corrected chi connectivity index (χ4v) is 3.44. The van der Waals surface area contributed by atoms with E-state index in [0.717, 1.165) is 28.9 Å². The van der Waals surface area contributed by atoms with Gasteiger partial charge in [-0.1, -0.05) is 74.5 Å². The van der Waals surface area contributed by atoms with Crippen molar-refractivity contribution in [1.29, 1.82) is 0 Å². The quantitative estimate of drug-likeness (QED) is 0.478. The lowest BCUT2D eigenvalue weighted by Crippen LogP contribution is -1.99. The number of rotatable bonds is 5. The maximum Gasteiger partial charge on any atom is 0.0912 e. The summed E-state index contributed by atoms with van der Waals surface area (Å²) in [6.07, 6.45) is 4.88. The molecule has 4 aromatic rings. The monoisotopic (exact) mass is 353 g/mol. The van der Waals surface area contributed by atoms with Gasteiger partial charge >= 0.3 is 0 Å². The fourth-order valence-electron chi connectivity index (χ4n) is 3.44. The number of nitrogens with one attached hydrogen (secondary N) is 1. The topological polar surface area (TPSA) is 41.6 Å². The molecule has 3 heteroatoms. The molecule has 0 spiro atoms. The number of H-pyrrole nitrogens is 1. The first-order valence-electron chi connectivity index (χ1n) is 9.36. The Morgan fingerprint density at radius 3 is 2.07 bits per heavy atom. The van der Waals surface area contributed by atoms with Crippen LogP contribution in [0.2, 0.25) is 0 Å². The number of aromatic amines is 1. The Hall–Kier alpha value is -3.20. The Kier molecular flexibility index (Phi) is 4.84. The van der Waals surface area contributed by atoms with Crippen LogP contribution in [0.25, 0.3) is 33.6 Å². The minimum absolute atomic E-state index is 0.568. The lowest BCUT2D eigenvalue weighted by atomic mass is 9.93. The number of benzene rings is 2. The van der Waals surface area contributed by atoms with Crippen LogP contribution in [0.3, 0.4) is 0 Å². The molecule has 4 rings (SSSR count). The zero-order valence-corrected chi connectivity index (χ0v) is 15.7. The maximum atomic E-state index is 4.78. The van der Waals surface area contributed by atoms with E-state index < -0.39 is 0 Å². The third-order valence-corrected chi connectivity index (χ3v) is 4.68. The fraction of sp³-hybridized carbons (Fsp3) is 0.167. The molecule has 2 aromatic carbocycles. The van der Waals surface area contributed by atoms with Gasteiger partial charge in [0.05, 0.1) is 17.6 Å². The van der Waals surface area contributed by atoms with Gasteiger partial charge in [0.1, 0.15) is 0 Å². The molecule has 0 radical (unpaired) electrons. The highest BCUT2D eigenvalue weighted by molar-refractivity contribution is 5.80. The SMILES string of the molecule is CC(C)Cc1cc(-c2[nH]ncc2-c2ccccc2)ncc1-c1ccccc1. The van der Waals surface area contributed by atoms with Crippen molar-refractivity contribution in [3.8, 4) is 33.6 Å². The largest absolute Gasteiger partial charge is 0.276 e. The van der Waals surface area contributed by atoms with Crippen LogP contribution in [0.5, 0.6) is 0 Å². The van der Waals surface area contributed by atoms with E-state index in [2.05, 4.69) is 66.5 Å². The molecule has 0 saturated carbocycles. The number of aromatic nitrogens is 3. The van der Waals surface area contributed by atoms with E-state index >= 15 is 0 Å². The zero-order chi connectivity index (χ0) is 18.6. The van der Waals surface area contributed by atoms with Crippen molar-refractivity contribution in [3.63, 3.8) is 0 Å². The lowest BCUT2D eigenvalue weighted by molar-refractivity contribution is 0.648. The van der Waals surface area contributed by atoms with Crippen LogP contribution in [0.1, 0.15) is 19.4 Å². The molecule has 0 fully saturated rings. The highest BCUT2D eigenvalue weighted by Crippen LogP contribution is 2.32. The van der Waals surface area contributed by atoms with Gasteiger partial charge in [-0.3, -0.25) is 10.1 Å². The van der Waals surface area contributed by atoms with Crippen LogP contribution in [0.15, 0.2) is 79.1 Å². The van der Waals surface area contributed by atoms with Crippen LogP contribution < -0.4 is 0 Å². The van der Waals surface area contributed by atoms with Gasteiger partial charge in [0.25, 0.3) is 0 Å². The van der Waals surface area contributed by atoms with E-state index in [-0.39, 0.29) is 0 Å².